The SMILES string of the molecule is CC(=O)O[C@@H]1CC[C@]2(C)C(=CC[C@@H]3[C@@H]2CC[C@]2(C)C(C(C)=O)=CC[C@@H]32)C1. The van der Waals surface area contributed by atoms with E-state index in [2.05, 4.69) is 26.0 Å². The maximum absolute atomic E-state index is 12.2. The van der Waals surface area contributed by atoms with Gasteiger partial charge in [0, 0.05) is 13.3 Å². The second-order valence-electron chi connectivity index (χ2n) is 9.60. The van der Waals surface area contributed by atoms with Crippen LogP contribution in [-0.2, 0) is 14.3 Å². The summed E-state index contributed by atoms with van der Waals surface area (Å²) in [6.45, 7) is 8.05. The monoisotopic (exact) mass is 356 g/mol. The molecule has 3 heteroatoms. The zero-order chi connectivity index (χ0) is 18.7. The molecule has 0 aromatic heterocycles. The second kappa shape index (κ2) is 6.07. The first-order valence-corrected chi connectivity index (χ1v) is 10.3. The molecule has 0 N–H and O–H groups in total. The fourth-order valence-corrected chi connectivity index (χ4v) is 7.08. The van der Waals surface area contributed by atoms with Gasteiger partial charge in [-0.05, 0) is 79.6 Å². The van der Waals surface area contributed by atoms with Crippen molar-refractivity contribution >= 4 is 11.8 Å². The Morgan fingerprint density at radius 1 is 1.00 bits per heavy atom. The first-order chi connectivity index (χ1) is 12.3. The number of hydrogen-bond acceptors (Lipinski definition) is 3. The molecule has 2 fully saturated rings. The van der Waals surface area contributed by atoms with E-state index in [1.165, 1.54) is 18.9 Å². The molecule has 0 unspecified atom stereocenters. The van der Waals surface area contributed by atoms with Crippen LogP contribution in [0.2, 0.25) is 0 Å². The van der Waals surface area contributed by atoms with Crippen molar-refractivity contribution in [2.45, 2.75) is 78.7 Å². The van der Waals surface area contributed by atoms with Gasteiger partial charge in [0.25, 0.3) is 0 Å². The molecule has 6 atom stereocenters. The summed E-state index contributed by atoms with van der Waals surface area (Å²) in [6.07, 6.45) is 12.3. The molecular weight excluding hydrogens is 324 g/mol. The number of Topliss-reactive ketones (excluding diaryl/α,β-unsaturated/α-hetero) is 1. The van der Waals surface area contributed by atoms with Crippen molar-refractivity contribution in [3.8, 4) is 0 Å². The van der Waals surface area contributed by atoms with Crippen LogP contribution < -0.4 is 0 Å². The van der Waals surface area contributed by atoms with Crippen LogP contribution in [0.5, 0.6) is 0 Å². The molecule has 0 amide bonds. The fraction of sp³-hybridized carbons (Fsp3) is 0.739. The van der Waals surface area contributed by atoms with E-state index < -0.39 is 0 Å². The Balaban J connectivity index is 1.59. The predicted molar refractivity (Wildman–Crippen MR) is 101 cm³/mol. The van der Waals surface area contributed by atoms with E-state index in [4.69, 9.17) is 4.74 Å². The lowest BCUT2D eigenvalue weighted by atomic mass is 9.47. The van der Waals surface area contributed by atoms with Crippen molar-refractivity contribution in [2.75, 3.05) is 0 Å². The quantitative estimate of drug-likeness (QED) is 0.516. The van der Waals surface area contributed by atoms with Gasteiger partial charge in [-0.1, -0.05) is 31.6 Å². The van der Waals surface area contributed by atoms with Gasteiger partial charge < -0.3 is 4.74 Å². The third kappa shape index (κ3) is 2.53. The Labute approximate surface area is 157 Å². The van der Waals surface area contributed by atoms with Crippen LogP contribution in [0.15, 0.2) is 23.3 Å². The molecule has 0 bridgehead atoms. The summed E-state index contributed by atoms with van der Waals surface area (Å²) in [4.78, 5) is 23.5. The van der Waals surface area contributed by atoms with E-state index in [0.29, 0.717) is 17.8 Å². The van der Waals surface area contributed by atoms with E-state index >= 15 is 0 Å². The summed E-state index contributed by atoms with van der Waals surface area (Å²) in [5, 5.41) is 0. The number of rotatable bonds is 2. The summed E-state index contributed by atoms with van der Waals surface area (Å²) in [5.74, 6) is 2.11. The van der Waals surface area contributed by atoms with Crippen LogP contribution in [0.4, 0.5) is 0 Å². The van der Waals surface area contributed by atoms with Crippen molar-refractivity contribution < 1.29 is 14.3 Å². The minimum absolute atomic E-state index is 0.0645. The first kappa shape index (κ1) is 18.0. The number of carbonyl (C=O) groups excluding carboxylic acids is 2. The number of ketones is 1. The van der Waals surface area contributed by atoms with Crippen LogP contribution in [0.25, 0.3) is 0 Å². The van der Waals surface area contributed by atoms with Crippen molar-refractivity contribution in [1.82, 2.24) is 0 Å². The van der Waals surface area contributed by atoms with E-state index in [1.54, 1.807) is 6.92 Å². The Hall–Kier alpha value is -1.38. The van der Waals surface area contributed by atoms with Gasteiger partial charge in [-0.25, -0.2) is 0 Å². The Bertz CT molecular complexity index is 702. The lowest BCUT2D eigenvalue weighted by Crippen LogP contribution is -2.50. The highest BCUT2D eigenvalue weighted by molar-refractivity contribution is 5.95. The first-order valence-electron chi connectivity index (χ1n) is 10.3. The van der Waals surface area contributed by atoms with Crippen LogP contribution in [0.1, 0.15) is 72.6 Å². The number of ether oxygens (including phenoxy) is 1. The average Bonchev–Trinajstić information content (AvgIpc) is 2.92. The highest BCUT2D eigenvalue weighted by atomic mass is 16.5. The molecule has 4 aliphatic rings. The zero-order valence-corrected chi connectivity index (χ0v) is 16.6. The largest absolute Gasteiger partial charge is 0.462 e. The highest BCUT2D eigenvalue weighted by Crippen LogP contribution is 2.65. The van der Waals surface area contributed by atoms with Crippen molar-refractivity contribution in [3.05, 3.63) is 23.3 Å². The van der Waals surface area contributed by atoms with Gasteiger partial charge in [-0.2, -0.15) is 0 Å². The third-order valence-electron chi connectivity index (χ3n) is 8.35. The third-order valence-corrected chi connectivity index (χ3v) is 8.35. The van der Waals surface area contributed by atoms with E-state index in [0.717, 1.165) is 44.1 Å². The minimum Gasteiger partial charge on any atom is -0.462 e. The molecule has 3 nitrogen and oxygen atoms in total. The average molecular weight is 357 g/mol. The minimum atomic E-state index is -0.157. The van der Waals surface area contributed by atoms with Gasteiger partial charge >= 0.3 is 5.97 Å². The van der Waals surface area contributed by atoms with Crippen LogP contribution >= 0.6 is 0 Å². The number of allylic oxidation sites excluding steroid dienone is 3. The normalized spacial score (nSPS) is 44.2. The lowest BCUT2D eigenvalue weighted by molar-refractivity contribution is -0.148. The lowest BCUT2D eigenvalue weighted by Gasteiger charge is -2.57. The standard InChI is InChI=1S/C23H32O3/c1-14(24)19-7-8-20-18-6-5-16-13-17(26-15(2)25)9-11-22(16,3)21(18)10-12-23(19,20)4/h5,7,17-18,20-21H,6,8-13H2,1-4H3/t17-,18+,20+,21+,22-,23-/m1/s1. The second-order valence-corrected chi connectivity index (χ2v) is 9.60. The summed E-state index contributed by atoms with van der Waals surface area (Å²) >= 11 is 0. The zero-order valence-electron chi connectivity index (χ0n) is 16.6. The Morgan fingerprint density at radius 3 is 2.42 bits per heavy atom. The van der Waals surface area contributed by atoms with Crippen LogP contribution in [0.3, 0.4) is 0 Å². The van der Waals surface area contributed by atoms with E-state index in [-0.39, 0.29) is 28.7 Å². The van der Waals surface area contributed by atoms with E-state index in [1.807, 2.05) is 0 Å². The molecule has 2 saturated carbocycles. The predicted octanol–water partition coefficient (Wildman–Crippen LogP) is 5.01. The van der Waals surface area contributed by atoms with E-state index in [9.17, 15) is 9.59 Å². The van der Waals surface area contributed by atoms with Gasteiger partial charge in [0.1, 0.15) is 6.10 Å². The summed E-state index contributed by atoms with van der Waals surface area (Å²) in [5.41, 5.74) is 2.96. The Kier molecular flexibility index (Phi) is 4.20. The number of esters is 1. The van der Waals surface area contributed by atoms with Crippen LogP contribution in [0, 0.1) is 28.6 Å². The van der Waals surface area contributed by atoms with Gasteiger partial charge in [0.2, 0.25) is 0 Å². The smallest absolute Gasteiger partial charge is 0.302 e. The summed E-state index contributed by atoms with van der Waals surface area (Å²) in [7, 11) is 0. The van der Waals surface area contributed by atoms with Gasteiger partial charge in [0.15, 0.2) is 5.78 Å². The summed E-state index contributed by atoms with van der Waals surface area (Å²) in [6, 6.07) is 0. The Morgan fingerprint density at radius 2 is 1.73 bits per heavy atom. The van der Waals surface area contributed by atoms with Gasteiger partial charge in [-0.3, -0.25) is 9.59 Å². The molecule has 0 aromatic rings. The fourth-order valence-electron chi connectivity index (χ4n) is 7.08. The molecular formula is C23H32O3. The molecule has 4 aliphatic carbocycles. The topological polar surface area (TPSA) is 43.4 Å². The molecule has 0 saturated heterocycles. The highest BCUT2D eigenvalue weighted by Gasteiger charge is 2.57. The van der Waals surface area contributed by atoms with Gasteiger partial charge in [0.05, 0.1) is 0 Å². The van der Waals surface area contributed by atoms with Crippen molar-refractivity contribution in [1.29, 1.82) is 0 Å². The molecule has 4 rings (SSSR count). The number of carbonyl (C=O) groups is 2. The molecule has 0 aromatic carbocycles. The maximum atomic E-state index is 12.2. The van der Waals surface area contributed by atoms with Crippen molar-refractivity contribution in [3.63, 3.8) is 0 Å². The molecule has 0 heterocycles. The molecule has 0 aliphatic heterocycles. The van der Waals surface area contributed by atoms with Crippen molar-refractivity contribution in [2.24, 2.45) is 28.6 Å². The molecule has 0 radical (unpaired) electrons. The number of hydrogen-bond donors (Lipinski definition) is 0. The maximum Gasteiger partial charge on any atom is 0.302 e. The van der Waals surface area contributed by atoms with Gasteiger partial charge in [-0.15, -0.1) is 0 Å². The summed E-state index contributed by atoms with van der Waals surface area (Å²) < 4.78 is 5.52. The molecule has 142 valence electrons. The van der Waals surface area contributed by atoms with Crippen LogP contribution in [-0.4, -0.2) is 17.9 Å². The number of fused-ring (bicyclic) bond motifs is 5. The molecule has 0 spiro atoms. The molecule has 26 heavy (non-hydrogen) atoms.